The number of rotatable bonds is 6. The lowest BCUT2D eigenvalue weighted by Gasteiger charge is -2.41. The molecule has 3 heteroatoms. The first-order chi connectivity index (χ1) is 7.98. The minimum absolute atomic E-state index is 0.0172. The van der Waals surface area contributed by atoms with Crippen LogP contribution in [-0.2, 0) is 4.74 Å². The van der Waals surface area contributed by atoms with Crippen LogP contribution in [0.25, 0.3) is 0 Å². The molecule has 0 spiro atoms. The van der Waals surface area contributed by atoms with Crippen molar-refractivity contribution in [2.45, 2.75) is 76.7 Å². The summed E-state index contributed by atoms with van der Waals surface area (Å²) in [5.74, 6) is 0.824. The van der Waals surface area contributed by atoms with Gasteiger partial charge in [-0.2, -0.15) is 0 Å². The van der Waals surface area contributed by atoms with Crippen molar-refractivity contribution in [2.24, 2.45) is 5.92 Å². The average Bonchev–Trinajstić information content (AvgIpc) is 2.94. The van der Waals surface area contributed by atoms with Gasteiger partial charge in [0.2, 0.25) is 0 Å². The molecule has 0 aliphatic heterocycles. The molecule has 17 heavy (non-hydrogen) atoms. The Hall–Kier alpha value is -0.120. The fraction of sp³-hybridized carbons (Fsp3) is 1.00. The Bertz CT molecular complexity index is 239. The lowest BCUT2D eigenvalue weighted by Crippen LogP contribution is -2.51. The van der Waals surface area contributed by atoms with E-state index in [1.807, 2.05) is 0 Å². The van der Waals surface area contributed by atoms with Crippen molar-refractivity contribution in [3.8, 4) is 0 Å². The van der Waals surface area contributed by atoms with Gasteiger partial charge in [-0.1, -0.05) is 0 Å². The summed E-state index contributed by atoms with van der Waals surface area (Å²) in [6.45, 7) is 6.66. The van der Waals surface area contributed by atoms with E-state index >= 15 is 0 Å². The zero-order chi connectivity index (χ0) is 12.5. The molecule has 2 rings (SSSR count). The second-order valence-corrected chi connectivity index (χ2v) is 6.64. The van der Waals surface area contributed by atoms with Gasteiger partial charge < -0.3 is 15.2 Å². The molecule has 100 valence electrons. The second kappa shape index (κ2) is 5.25. The number of aliphatic hydroxyl groups is 1. The summed E-state index contributed by atoms with van der Waals surface area (Å²) < 4.78 is 5.93. The van der Waals surface area contributed by atoms with Crippen molar-refractivity contribution < 1.29 is 9.84 Å². The van der Waals surface area contributed by atoms with Crippen LogP contribution in [0.3, 0.4) is 0 Å². The van der Waals surface area contributed by atoms with Gasteiger partial charge in [-0.05, 0) is 58.8 Å². The van der Waals surface area contributed by atoms with E-state index in [4.69, 9.17) is 9.84 Å². The summed E-state index contributed by atoms with van der Waals surface area (Å²) in [6.07, 6.45) is 6.28. The summed E-state index contributed by atoms with van der Waals surface area (Å²) in [5.41, 5.74) is -0.0172. The van der Waals surface area contributed by atoms with E-state index in [2.05, 4.69) is 26.1 Å². The molecule has 0 bridgehead atoms. The van der Waals surface area contributed by atoms with Gasteiger partial charge in [0, 0.05) is 18.7 Å². The summed E-state index contributed by atoms with van der Waals surface area (Å²) in [4.78, 5) is 0. The molecule has 0 aromatic heterocycles. The summed E-state index contributed by atoms with van der Waals surface area (Å²) in [7, 11) is 0. The van der Waals surface area contributed by atoms with E-state index < -0.39 is 0 Å². The molecule has 0 radical (unpaired) electrons. The normalized spacial score (nSPS) is 31.1. The fourth-order valence-electron chi connectivity index (χ4n) is 2.69. The van der Waals surface area contributed by atoms with E-state index in [0.29, 0.717) is 24.8 Å². The monoisotopic (exact) mass is 241 g/mol. The van der Waals surface area contributed by atoms with Crippen molar-refractivity contribution in [1.82, 2.24) is 5.32 Å². The van der Waals surface area contributed by atoms with Gasteiger partial charge in [0.15, 0.2) is 0 Å². The molecule has 0 saturated heterocycles. The van der Waals surface area contributed by atoms with Crippen molar-refractivity contribution in [2.75, 3.05) is 6.61 Å². The predicted octanol–water partition coefficient (Wildman–Crippen LogP) is 2.08. The topological polar surface area (TPSA) is 41.5 Å². The molecule has 2 N–H and O–H groups in total. The zero-order valence-corrected chi connectivity index (χ0v) is 11.4. The Morgan fingerprint density at radius 3 is 2.41 bits per heavy atom. The summed E-state index contributed by atoms with van der Waals surface area (Å²) in [6, 6.07) is 1.15. The molecule has 2 saturated carbocycles. The Morgan fingerprint density at radius 1 is 1.29 bits per heavy atom. The van der Waals surface area contributed by atoms with Crippen LogP contribution in [-0.4, -0.2) is 35.5 Å². The molecule has 0 amide bonds. The number of nitrogens with one attached hydrogen (secondary N) is 1. The molecule has 3 nitrogen and oxygen atoms in total. The molecule has 1 atom stereocenters. The first-order valence-corrected chi connectivity index (χ1v) is 7.02. The molecule has 0 aromatic carbocycles. The third-order valence-electron chi connectivity index (χ3n) is 3.70. The maximum Gasteiger partial charge on any atom is 0.0612 e. The smallest absolute Gasteiger partial charge is 0.0612 e. The van der Waals surface area contributed by atoms with Gasteiger partial charge >= 0.3 is 0 Å². The van der Waals surface area contributed by atoms with Gasteiger partial charge in [-0.25, -0.2) is 0 Å². The number of hydrogen-bond acceptors (Lipinski definition) is 3. The largest absolute Gasteiger partial charge is 0.396 e. The van der Waals surface area contributed by atoms with Crippen LogP contribution >= 0.6 is 0 Å². The van der Waals surface area contributed by atoms with Crippen LogP contribution < -0.4 is 5.32 Å². The molecule has 2 fully saturated rings. The van der Waals surface area contributed by atoms with E-state index in [9.17, 15) is 0 Å². The molecular formula is C14H27NO2. The third-order valence-corrected chi connectivity index (χ3v) is 3.70. The lowest BCUT2D eigenvalue weighted by atomic mass is 9.87. The molecule has 2 aliphatic carbocycles. The highest BCUT2D eigenvalue weighted by Crippen LogP contribution is 2.36. The van der Waals surface area contributed by atoms with Crippen LogP contribution in [0, 0.1) is 5.92 Å². The van der Waals surface area contributed by atoms with Crippen molar-refractivity contribution in [1.29, 1.82) is 0 Å². The van der Waals surface area contributed by atoms with Crippen molar-refractivity contribution >= 4 is 0 Å². The lowest BCUT2D eigenvalue weighted by molar-refractivity contribution is -0.104. The first kappa shape index (κ1) is 13.3. The van der Waals surface area contributed by atoms with E-state index in [1.165, 1.54) is 12.8 Å². The molecular weight excluding hydrogens is 214 g/mol. The van der Waals surface area contributed by atoms with Crippen LogP contribution in [0.1, 0.15) is 52.9 Å². The van der Waals surface area contributed by atoms with Crippen molar-refractivity contribution in [3.63, 3.8) is 0 Å². The summed E-state index contributed by atoms with van der Waals surface area (Å²) >= 11 is 0. The third kappa shape index (κ3) is 4.23. The predicted molar refractivity (Wildman–Crippen MR) is 69.0 cm³/mol. The van der Waals surface area contributed by atoms with Crippen LogP contribution in [0.15, 0.2) is 0 Å². The van der Waals surface area contributed by atoms with E-state index in [0.717, 1.165) is 25.2 Å². The van der Waals surface area contributed by atoms with Gasteiger partial charge in [-0.3, -0.25) is 0 Å². The van der Waals surface area contributed by atoms with E-state index in [-0.39, 0.29) is 5.60 Å². The molecule has 1 unspecified atom stereocenters. The Kier molecular flexibility index (Phi) is 4.11. The van der Waals surface area contributed by atoms with Gasteiger partial charge in [0.1, 0.15) is 0 Å². The molecule has 2 aliphatic rings. The van der Waals surface area contributed by atoms with Crippen LogP contribution in [0.2, 0.25) is 0 Å². The van der Waals surface area contributed by atoms with Crippen LogP contribution in [0.4, 0.5) is 0 Å². The SMILES string of the molecule is CC(C)(C)OC1CC(NC(CCO)C2CC2)C1. The Balaban J connectivity index is 1.65. The van der Waals surface area contributed by atoms with Gasteiger partial charge in [0.25, 0.3) is 0 Å². The Labute approximate surface area is 105 Å². The highest BCUT2D eigenvalue weighted by Gasteiger charge is 2.37. The zero-order valence-electron chi connectivity index (χ0n) is 11.4. The Morgan fingerprint density at radius 2 is 1.94 bits per heavy atom. The maximum absolute atomic E-state index is 9.06. The van der Waals surface area contributed by atoms with Crippen molar-refractivity contribution in [3.05, 3.63) is 0 Å². The fourth-order valence-corrected chi connectivity index (χ4v) is 2.69. The highest BCUT2D eigenvalue weighted by atomic mass is 16.5. The van der Waals surface area contributed by atoms with Gasteiger partial charge in [-0.15, -0.1) is 0 Å². The number of aliphatic hydroxyl groups excluding tert-OH is 1. The molecule has 0 heterocycles. The second-order valence-electron chi connectivity index (χ2n) is 6.64. The highest BCUT2D eigenvalue weighted by molar-refractivity contribution is 4.94. The standard InChI is InChI=1S/C14H27NO2/c1-14(2,3)17-12-8-11(9-12)15-13(6-7-16)10-4-5-10/h10-13,15-16H,4-9H2,1-3H3. The molecule has 0 aromatic rings. The van der Waals surface area contributed by atoms with E-state index in [1.54, 1.807) is 0 Å². The number of ether oxygens (including phenoxy) is 1. The van der Waals surface area contributed by atoms with Crippen LogP contribution in [0.5, 0.6) is 0 Å². The number of hydrogen-bond donors (Lipinski definition) is 2. The minimum Gasteiger partial charge on any atom is -0.396 e. The van der Waals surface area contributed by atoms with Gasteiger partial charge in [0.05, 0.1) is 11.7 Å². The first-order valence-electron chi connectivity index (χ1n) is 7.02. The minimum atomic E-state index is -0.0172. The quantitative estimate of drug-likeness (QED) is 0.748. The summed E-state index contributed by atoms with van der Waals surface area (Å²) in [5, 5.41) is 12.7. The maximum atomic E-state index is 9.06. The average molecular weight is 241 g/mol.